The van der Waals surface area contributed by atoms with Crippen LogP contribution in [0.1, 0.15) is 58.8 Å². The Kier molecular flexibility index (Phi) is 12.6. The van der Waals surface area contributed by atoms with E-state index in [4.69, 9.17) is 5.84 Å². The second-order valence-corrected chi connectivity index (χ2v) is 5.40. The molecule has 0 aromatic rings. The van der Waals surface area contributed by atoms with Gasteiger partial charge in [-0.2, -0.15) is 11.8 Å². The van der Waals surface area contributed by atoms with Crippen LogP contribution in [0.3, 0.4) is 0 Å². The molecule has 3 heteroatoms. The van der Waals surface area contributed by atoms with Crippen molar-refractivity contribution in [3.63, 3.8) is 0 Å². The van der Waals surface area contributed by atoms with E-state index in [1.807, 2.05) is 11.8 Å². The lowest BCUT2D eigenvalue weighted by atomic mass is 10.1. The van der Waals surface area contributed by atoms with Crippen LogP contribution in [0.25, 0.3) is 0 Å². The van der Waals surface area contributed by atoms with Gasteiger partial charge in [-0.05, 0) is 12.2 Å². The monoisotopic (exact) mass is 232 g/mol. The molecule has 0 aliphatic carbocycles. The Bertz CT molecular complexity index is 120. The topological polar surface area (TPSA) is 38.0 Å². The van der Waals surface area contributed by atoms with Crippen molar-refractivity contribution in [1.29, 1.82) is 0 Å². The van der Waals surface area contributed by atoms with E-state index in [2.05, 4.69) is 19.3 Å². The van der Waals surface area contributed by atoms with Crippen molar-refractivity contribution in [2.24, 2.45) is 5.84 Å². The fourth-order valence-electron chi connectivity index (χ4n) is 1.65. The second-order valence-electron chi connectivity index (χ2n) is 4.08. The molecular weight excluding hydrogens is 204 g/mol. The van der Waals surface area contributed by atoms with Crippen molar-refractivity contribution in [3.05, 3.63) is 0 Å². The van der Waals surface area contributed by atoms with Gasteiger partial charge in [0, 0.05) is 11.8 Å². The summed E-state index contributed by atoms with van der Waals surface area (Å²) < 4.78 is 0. The third-order valence-electron chi connectivity index (χ3n) is 2.67. The highest BCUT2D eigenvalue weighted by Gasteiger charge is 2.04. The van der Waals surface area contributed by atoms with E-state index in [1.165, 1.54) is 50.7 Å². The minimum Gasteiger partial charge on any atom is -0.271 e. The average molecular weight is 232 g/mol. The molecule has 0 aromatic carbocycles. The highest BCUT2D eigenvalue weighted by molar-refractivity contribution is 7.99. The molecule has 1 atom stereocenters. The van der Waals surface area contributed by atoms with E-state index >= 15 is 0 Å². The van der Waals surface area contributed by atoms with Gasteiger partial charge in [0.25, 0.3) is 0 Å². The van der Waals surface area contributed by atoms with E-state index in [9.17, 15) is 0 Å². The minimum atomic E-state index is 0.515. The first kappa shape index (κ1) is 15.3. The van der Waals surface area contributed by atoms with Crippen LogP contribution in [0.5, 0.6) is 0 Å². The van der Waals surface area contributed by atoms with Crippen LogP contribution < -0.4 is 11.3 Å². The highest BCUT2D eigenvalue weighted by Crippen LogP contribution is 2.11. The van der Waals surface area contributed by atoms with E-state index in [1.54, 1.807) is 0 Å². The van der Waals surface area contributed by atoms with E-state index in [0.29, 0.717) is 6.04 Å². The van der Waals surface area contributed by atoms with Gasteiger partial charge < -0.3 is 0 Å². The molecule has 0 amide bonds. The minimum absolute atomic E-state index is 0.515. The van der Waals surface area contributed by atoms with Crippen molar-refractivity contribution in [2.45, 2.75) is 64.8 Å². The fraction of sp³-hybridized carbons (Fsp3) is 1.00. The highest BCUT2D eigenvalue weighted by atomic mass is 32.2. The Morgan fingerprint density at radius 1 is 1.07 bits per heavy atom. The van der Waals surface area contributed by atoms with Gasteiger partial charge in [0.2, 0.25) is 0 Å². The summed E-state index contributed by atoms with van der Waals surface area (Å²) in [6.07, 6.45) is 9.45. The predicted octanol–water partition coefficient (Wildman–Crippen LogP) is 3.32. The first-order valence-corrected chi connectivity index (χ1v) is 7.54. The largest absolute Gasteiger partial charge is 0.271 e. The van der Waals surface area contributed by atoms with Gasteiger partial charge in [0.05, 0.1) is 0 Å². The van der Waals surface area contributed by atoms with Gasteiger partial charge in [-0.25, -0.2) is 0 Å². The number of nitrogens with two attached hydrogens (primary N) is 1. The lowest BCUT2D eigenvalue weighted by Crippen LogP contribution is -2.37. The van der Waals surface area contributed by atoms with Crippen LogP contribution in [-0.2, 0) is 0 Å². The Morgan fingerprint density at radius 3 is 2.33 bits per heavy atom. The van der Waals surface area contributed by atoms with Gasteiger partial charge in [-0.1, -0.05) is 52.4 Å². The summed E-state index contributed by atoms with van der Waals surface area (Å²) in [6.45, 7) is 4.46. The fourth-order valence-corrected chi connectivity index (χ4v) is 2.43. The third-order valence-corrected chi connectivity index (χ3v) is 3.71. The number of rotatable bonds is 11. The van der Waals surface area contributed by atoms with E-state index in [-0.39, 0.29) is 0 Å². The van der Waals surface area contributed by atoms with Crippen molar-refractivity contribution >= 4 is 11.8 Å². The molecule has 0 aromatic heterocycles. The molecule has 0 saturated carbocycles. The van der Waals surface area contributed by atoms with E-state index in [0.717, 1.165) is 5.75 Å². The smallest absolute Gasteiger partial charge is 0.0301 e. The number of hydrogen-bond donors (Lipinski definition) is 2. The molecule has 15 heavy (non-hydrogen) atoms. The summed E-state index contributed by atoms with van der Waals surface area (Å²) in [6, 6.07) is 0.515. The molecule has 92 valence electrons. The molecule has 0 saturated heterocycles. The Balaban J connectivity index is 3.22. The summed E-state index contributed by atoms with van der Waals surface area (Å²) in [5.74, 6) is 7.86. The summed E-state index contributed by atoms with van der Waals surface area (Å²) >= 11 is 1.97. The van der Waals surface area contributed by atoms with E-state index < -0.39 is 0 Å². The molecule has 0 bridgehead atoms. The lowest BCUT2D eigenvalue weighted by molar-refractivity contribution is 0.494. The van der Waals surface area contributed by atoms with Crippen molar-refractivity contribution in [2.75, 3.05) is 11.5 Å². The first-order chi connectivity index (χ1) is 7.35. The zero-order valence-electron chi connectivity index (χ0n) is 10.4. The molecule has 1 unspecified atom stereocenters. The van der Waals surface area contributed by atoms with Crippen LogP contribution in [-0.4, -0.2) is 17.5 Å². The van der Waals surface area contributed by atoms with Crippen molar-refractivity contribution < 1.29 is 0 Å². The molecule has 0 fully saturated rings. The quantitative estimate of drug-likeness (QED) is 0.326. The molecule has 3 N–H and O–H groups in total. The Morgan fingerprint density at radius 2 is 1.73 bits per heavy atom. The molecule has 0 aliphatic rings. The summed E-state index contributed by atoms with van der Waals surface area (Å²) in [7, 11) is 0. The zero-order chi connectivity index (χ0) is 11.4. The molecule has 2 nitrogen and oxygen atoms in total. The summed E-state index contributed by atoms with van der Waals surface area (Å²) in [5, 5.41) is 0. The van der Waals surface area contributed by atoms with Crippen molar-refractivity contribution in [3.8, 4) is 0 Å². The van der Waals surface area contributed by atoms with Gasteiger partial charge in [-0.3, -0.25) is 11.3 Å². The number of hydrazine groups is 1. The Hall–Kier alpha value is 0.270. The molecule has 0 rings (SSSR count). The van der Waals surface area contributed by atoms with Gasteiger partial charge in [-0.15, -0.1) is 0 Å². The lowest BCUT2D eigenvalue weighted by Gasteiger charge is -2.14. The summed E-state index contributed by atoms with van der Waals surface area (Å²) in [4.78, 5) is 0. The maximum atomic E-state index is 5.51. The summed E-state index contributed by atoms with van der Waals surface area (Å²) in [5.41, 5.74) is 2.92. The normalized spacial score (nSPS) is 13.0. The first-order valence-electron chi connectivity index (χ1n) is 6.39. The SMILES string of the molecule is CCCCCCCCC(CSCC)NN. The van der Waals surface area contributed by atoms with Crippen LogP contribution in [0.15, 0.2) is 0 Å². The van der Waals surface area contributed by atoms with Crippen LogP contribution >= 0.6 is 11.8 Å². The van der Waals surface area contributed by atoms with Gasteiger partial charge in [0.15, 0.2) is 0 Å². The number of nitrogens with one attached hydrogen (secondary N) is 1. The van der Waals surface area contributed by atoms with Gasteiger partial charge in [0.1, 0.15) is 0 Å². The molecule has 0 radical (unpaired) electrons. The van der Waals surface area contributed by atoms with Crippen molar-refractivity contribution in [1.82, 2.24) is 5.43 Å². The predicted molar refractivity (Wildman–Crippen MR) is 72.1 cm³/mol. The number of unbranched alkanes of at least 4 members (excludes halogenated alkanes) is 5. The zero-order valence-corrected chi connectivity index (χ0v) is 11.2. The number of thioether (sulfide) groups is 1. The van der Waals surface area contributed by atoms with Crippen LogP contribution in [0.2, 0.25) is 0 Å². The van der Waals surface area contributed by atoms with Gasteiger partial charge >= 0.3 is 0 Å². The number of hydrogen-bond acceptors (Lipinski definition) is 3. The molecular formula is C12H28N2S. The molecule has 0 spiro atoms. The second kappa shape index (κ2) is 12.3. The molecule has 0 heterocycles. The standard InChI is InChI=1S/C12H28N2S/c1-3-5-6-7-8-9-10-12(14-13)11-15-4-2/h12,14H,3-11,13H2,1-2H3. The third kappa shape index (κ3) is 10.6. The average Bonchev–Trinajstić information content (AvgIpc) is 2.27. The maximum Gasteiger partial charge on any atom is 0.0301 e. The molecule has 0 aliphatic heterocycles. The van der Waals surface area contributed by atoms with Crippen LogP contribution in [0.4, 0.5) is 0 Å². The van der Waals surface area contributed by atoms with Crippen LogP contribution in [0, 0.1) is 0 Å². The Labute approximate surface area is 99.7 Å². The maximum absolute atomic E-state index is 5.51.